The maximum atomic E-state index is 12.9. The number of hydrogen-bond acceptors (Lipinski definition) is 2. The summed E-state index contributed by atoms with van der Waals surface area (Å²) >= 11 is 6.21. The van der Waals surface area contributed by atoms with Gasteiger partial charge in [0.25, 0.3) is 0 Å². The molecule has 5 heteroatoms. The molecule has 1 unspecified atom stereocenters. The molecule has 4 nitrogen and oxygen atoms in total. The molecule has 2 amide bonds. The molecule has 2 aromatic rings. The Balaban J connectivity index is 1.59. The van der Waals surface area contributed by atoms with Gasteiger partial charge in [-0.3, -0.25) is 9.59 Å². The van der Waals surface area contributed by atoms with Gasteiger partial charge in [-0.05, 0) is 30.0 Å². The zero-order valence-electron chi connectivity index (χ0n) is 15.6. The van der Waals surface area contributed by atoms with Crippen molar-refractivity contribution in [2.45, 2.75) is 25.8 Å². The Morgan fingerprint density at radius 2 is 1.81 bits per heavy atom. The first kappa shape index (κ1) is 19.4. The van der Waals surface area contributed by atoms with Crippen molar-refractivity contribution in [1.82, 2.24) is 9.80 Å². The van der Waals surface area contributed by atoms with Gasteiger partial charge >= 0.3 is 0 Å². The smallest absolute Gasteiger partial charge is 0.227 e. The Bertz CT molecular complexity index is 794. The molecule has 2 aromatic carbocycles. The third-order valence-electron chi connectivity index (χ3n) is 5.06. The third kappa shape index (κ3) is 5.10. The number of likely N-dealkylation sites (tertiary alicyclic amines) is 1. The van der Waals surface area contributed by atoms with Gasteiger partial charge in [0.1, 0.15) is 0 Å². The second-order valence-electron chi connectivity index (χ2n) is 7.13. The molecule has 0 N–H and O–H groups in total. The molecule has 0 aliphatic carbocycles. The number of amides is 2. The van der Waals surface area contributed by atoms with E-state index < -0.39 is 0 Å². The van der Waals surface area contributed by atoms with E-state index in [0.29, 0.717) is 24.5 Å². The lowest BCUT2D eigenvalue weighted by Crippen LogP contribution is -2.46. The van der Waals surface area contributed by atoms with E-state index in [1.165, 1.54) is 0 Å². The molecule has 27 heavy (non-hydrogen) atoms. The summed E-state index contributed by atoms with van der Waals surface area (Å²) in [5.74, 6) is 0.0190. The van der Waals surface area contributed by atoms with Crippen LogP contribution in [0.4, 0.5) is 0 Å². The summed E-state index contributed by atoms with van der Waals surface area (Å²) in [5, 5.41) is 0.667. The highest BCUT2D eigenvalue weighted by atomic mass is 35.5. The van der Waals surface area contributed by atoms with Crippen LogP contribution in [0.3, 0.4) is 0 Å². The minimum atomic E-state index is -0.147. The van der Waals surface area contributed by atoms with Crippen molar-refractivity contribution < 1.29 is 9.59 Å². The molecular formula is C22H25ClN2O2. The number of hydrogen-bond donors (Lipinski definition) is 0. The van der Waals surface area contributed by atoms with Crippen molar-refractivity contribution in [3.63, 3.8) is 0 Å². The Morgan fingerprint density at radius 3 is 2.56 bits per heavy atom. The van der Waals surface area contributed by atoms with Gasteiger partial charge in [-0.2, -0.15) is 0 Å². The highest BCUT2D eigenvalue weighted by molar-refractivity contribution is 6.31. The van der Waals surface area contributed by atoms with Gasteiger partial charge in [-0.25, -0.2) is 0 Å². The number of halogens is 1. The SMILES string of the molecule is CN(Cc1ccccc1Cl)C(=O)C1CCCN(C(=O)Cc2ccccc2)C1. The number of benzene rings is 2. The minimum absolute atomic E-state index is 0.0760. The summed E-state index contributed by atoms with van der Waals surface area (Å²) in [5.41, 5.74) is 1.94. The largest absolute Gasteiger partial charge is 0.342 e. The van der Waals surface area contributed by atoms with Crippen LogP contribution in [0, 0.1) is 5.92 Å². The number of carbonyl (C=O) groups is 2. The van der Waals surface area contributed by atoms with Crippen molar-refractivity contribution in [2.75, 3.05) is 20.1 Å². The average Bonchev–Trinajstić information content (AvgIpc) is 2.70. The van der Waals surface area contributed by atoms with Gasteiger partial charge < -0.3 is 9.80 Å². The van der Waals surface area contributed by atoms with Gasteiger partial charge in [0.15, 0.2) is 0 Å². The van der Waals surface area contributed by atoms with Crippen LogP contribution in [-0.2, 0) is 22.6 Å². The van der Waals surface area contributed by atoms with Crippen LogP contribution < -0.4 is 0 Å². The van der Waals surface area contributed by atoms with Crippen LogP contribution in [0.25, 0.3) is 0 Å². The van der Waals surface area contributed by atoms with E-state index in [2.05, 4.69) is 0 Å². The number of nitrogens with zero attached hydrogens (tertiary/aromatic N) is 2. The summed E-state index contributed by atoms with van der Waals surface area (Å²) in [7, 11) is 1.80. The van der Waals surface area contributed by atoms with Crippen LogP contribution in [0.15, 0.2) is 54.6 Å². The van der Waals surface area contributed by atoms with E-state index in [1.807, 2.05) is 59.5 Å². The molecule has 0 radical (unpaired) electrons. The van der Waals surface area contributed by atoms with E-state index in [4.69, 9.17) is 11.6 Å². The Hall–Kier alpha value is -2.33. The lowest BCUT2D eigenvalue weighted by Gasteiger charge is -2.34. The predicted octanol–water partition coefficient (Wildman–Crippen LogP) is 3.78. The highest BCUT2D eigenvalue weighted by Crippen LogP contribution is 2.22. The number of rotatable bonds is 5. The monoisotopic (exact) mass is 384 g/mol. The Kier molecular flexibility index (Phi) is 6.51. The second kappa shape index (κ2) is 9.05. The zero-order valence-corrected chi connectivity index (χ0v) is 16.4. The molecule has 1 fully saturated rings. The highest BCUT2D eigenvalue weighted by Gasteiger charge is 2.30. The maximum Gasteiger partial charge on any atom is 0.227 e. The van der Waals surface area contributed by atoms with E-state index in [1.54, 1.807) is 11.9 Å². The fraction of sp³-hybridized carbons (Fsp3) is 0.364. The van der Waals surface area contributed by atoms with Gasteiger partial charge in [0.05, 0.1) is 12.3 Å². The van der Waals surface area contributed by atoms with Gasteiger partial charge in [0.2, 0.25) is 11.8 Å². The lowest BCUT2D eigenvalue weighted by molar-refractivity contribution is -0.140. The van der Waals surface area contributed by atoms with Gasteiger partial charge in [0, 0.05) is 31.7 Å². The predicted molar refractivity (Wildman–Crippen MR) is 107 cm³/mol. The number of carbonyl (C=O) groups excluding carboxylic acids is 2. The fourth-order valence-corrected chi connectivity index (χ4v) is 3.75. The molecule has 0 aromatic heterocycles. The zero-order chi connectivity index (χ0) is 19.2. The molecule has 0 saturated carbocycles. The Morgan fingerprint density at radius 1 is 1.11 bits per heavy atom. The van der Waals surface area contributed by atoms with Crippen LogP contribution in [0.5, 0.6) is 0 Å². The quantitative estimate of drug-likeness (QED) is 0.787. The molecule has 1 atom stereocenters. The van der Waals surface area contributed by atoms with E-state index in [0.717, 1.165) is 30.5 Å². The number of piperidine rings is 1. The average molecular weight is 385 g/mol. The minimum Gasteiger partial charge on any atom is -0.342 e. The first-order chi connectivity index (χ1) is 13.0. The van der Waals surface area contributed by atoms with Gasteiger partial charge in [-0.1, -0.05) is 60.1 Å². The lowest BCUT2D eigenvalue weighted by atomic mass is 9.95. The summed E-state index contributed by atoms with van der Waals surface area (Å²) < 4.78 is 0. The molecule has 0 spiro atoms. The summed E-state index contributed by atoms with van der Waals surface area (Å²) in [6.07, 6.45) is 2.06. The summed E-state index contributed by atoms with van der Waals surface area (Å²) in [6.45, 7) is 1.70. The molecule has 1 heterocycles. The molecule has 1 saturated heterocycles. The third-order valence-corrected chi connectivity index (χ3v) is 5.43. The van der Waals surface area contributed by atoms with Crippen molar-refractivity contribution in [2.24, 2.45) is 5.92 Å². The molecular weight excluding hydrogens is 360 g/mol. The molecule has 142 valence electrons. The van der Waals surface area contributed by atoms with Crippen LogP contribution in [-0.4, -0.2) is 41.8 Å². The topological polar surface area (TPSA) is 40.6 Å². The van der Waals surface area contributed by atoms with E-state index >= 15 is 0 Å². The van der Waals surface area contributed by atoms with Crippen LogP contribution in [0.2, 0.25) is 5.02 Å². The van der Waals surface area contributed by atoms with Crippen molar-refractivity contribution in [3.8, 4) is 0 Å². The first-order valence-corrected chi connectivity index (χ1v) is 9.72. The standard InChI is InChI=1S/C22H25ClN2O2/c1-24(15-18-10-5-6-12-20(18)23)22(27)19-11-7-13-25(16-19)21(26)14-17-8-3-2-4-9-17/h2-6,8-10,12,19H,7,11,13-16H2,1H3. The summed E-state index contributed by atoms with van der Waals surface area (Å²) in [4.78, 5) is 29.1. The molecule has 3 rings (SSSR count). The normalized spacial score (nSPS) is 16.8. The second-order valence-corrected chi connectivity index (χ2v) is 7.53. The van der Waals surface area contributed by atoms with Crippen molar-refractivity contribution in [3.05, 3.63) is 70.7 Å². The fourth-order valence-electron chi connectivity index (χ4n) is 3.56. The first-order valence-electron chi connectivity index (χ1n) is 9.34. The van der Waals surface area contributed by atoms with Crippen LogP contribution >= 0.6 is 11.6 Å². The van der Waals surface area contributed by atoms with E-state index in [-0.39, 0.29) is 17.7 Å². The van der Waals surface area contributed by atoms with Crippen molar-refractivity contribution >= 4 is 23.4 Å². The van der Waals surface area contributed by atoms with Gasteiger partial charge in [-0.15, -0.1) is 0 Å². The maximum absolute atomic E-state index is 12.9. The molecule has 0 bridgehead atoms. The summed E-state index contributed by atoms with van der Waals surface area (Å²) in [6, 6.07) is 17.3. The molecule has 1 aliphatic rings. The van der Waals surface area contributed by atoms with E-state index in [9.17, 15) is 9.59 Å². The van der Waals surface area contributed by atoms with Crippen molar-refractivity contribution in [1.29, 1.82) is 0 Å². The molecule has 1 aliphatic heterocycles. The van der Waals surface area contributed by atoms with Crippen LogP contribution in [0.1, 0.15) is 24.0 Å². The Labute approximate surface area is 165 Å².